The van der Waals surface area contributed by atoms with Gasteiger partial charge in [-0.2, -0.15) is 0 Å². The third-order valence-corrected chi connectivity index (χ3v) is 19.5. The van der Waals surface area contributed by atoms with Crippen LogP contribution in [0.4, 0.5) is 0 Å². The van der Waals surface area contributed by atoms with Gasteiger partial charge in [0.05, 0.1) is 43.4 Å². The van der Waals surface area contributed by atoms with Crippen LogP contribution in [0.5, 0.6) is 51.7 Å². The van der Waals surface area contributed by atoms with Crippen molar-refractivity contribution in [1.82, 2.24) is 37.2 Å². The van der Waals surface area contributed by atoms with Crippen LogP contribution in [0.1, 0.15) is 105 Å². The number of carbonyl (C=O) groups is 8. The molecule has 0 spiro atoms. The number of halogens is 1. The Morgan fingerprint density at radius 3 is 1.99 bits per heavy atom. The number of phenolic OH excluding ortho intramolecular Hbond substituents is 3. The number of nitrogens with one attached hydrogen (secondary N) is 7. The molecule has 34 nitrogen and oxygen atoms in total. The van der Waals surface area contributed by atoms with E-state index in [0.29, 0.717) is 0 Å². The first-order valence-corrected chi connectivity index (χ1v) is 34.5. The fourth-order valence-corrected chi connectivity index (χ4v) is 13.8. The molecule has 21 N–H and O–H groups in total. The molecule has 7 heterocycles. The van der Waals surface area contributed by atoms with Crippen molar-refractivity contribution in [3.05, 3.63) is 136 Å². The topological polar surface area (TPSA) is 540 Å². The highest BCUT2D eigenvalue weighted by Gasteiger charge is 2.52. The zero-order valence-electron chi connectivity index (χ0n) is 58.7. The lowest BCUT2D eigenvalue weighted by Crippen LogP contribution is -2.64. The molecule has 0 aliphatic carbocycles. The third-order valence-electron chi connectivity index (χ3n) is 19.2. The van der Waals surface area contributed by atoms with E-state index in [-0.39, 0.29) is 58.1 Å². The first kappa shape index (κ1) is 78.6. The molecule has 2 saturated heterocycles. The van der Waals surface area contributed by atoms with E-state index in [1.165, 1.54) is 46.2 Å². The minimum absolute atomic E-state index is 0.0266. The molecule has 7 aliphatic heterocycles. The molecule has 11 bridgehead atoms. The number of ether oxygens (including phenoxy) is 7. The Bertz CT molecular complexity index is 4490. The fraction of sp³-hybridized carbons (Fsp3) is 0.397. The van der Waals surface area contributed by atoms with Crippen LogP contribution in [0.3, 0.4) is 0 Å². The van der Waals surface area contributed by atoms with Crippen LogP contribution in [0.25, 0.3) is 22.3 Å². The maximum Gasteiger partial charge on any atom is 0.330 e. The number of carbonyl (C=O) groups excluding carboxylic acids is 7. The van der Waals surface area contributed by atoms with Crippen LogP contribution in [0, 0.1) is 5.92 Å². The van der Waals surface area contributed by atoms with Gasteiger partial charge < -0.3 is 133 Å². The Kier molecular flexibility index (Phi) is 23.4. The number of amides is 7. The van der Waals surface area contributed by atoms with E-state index in [4.69, 9.17) is 56.2 Å². The molecule has 6 aromatic carbocycles. The average molecular weight is 1520 g/mol. The Morgan fingerprint density at radius 2 is 1.34 bits per heavy atom. The van der Waals surface area contributed by atoms with Crippen molar-refractivity contribution in [2.75, 3.05) is 20.8 Å². The summed E-state index contributed by atoms with van der Waals surface area (Å²) in [6, 6.07) is 6.19. The quantitative estimate of drug-likeness (QED) is 0.0685. The number of benzene rings is 6. The van der Waals surface area contributed by atoms with Gasteiger partial charge in [-0.15, -0.1) is 0 Å². The lowest BCUT2D eigenvalue weighted by molar-refractivity contribution is -0.333. The third kappa shape index (κ3) is 16.3. The molecular weight excluding hydrogens is 1440 g/mol. The number of methoxy groups -OCH3 is 1. The van der Waals surface area contributed by atoms with Gasteiger partial charge in [0.25, 0.3) is 0 Å². The van der Waals surface area contributed by atoms with E-state index < -0.39 is 237 Å². The van der Waals surface area contributed by atoms with Gasteiger partial charge in [-0.1, -0.05) is 61.8 Å². The number of likely N-dealkylation sites (N-methyl/N-ethyl adjacent to an activating group) is 1. The lowest BCUT2D eigenvalue weighted by atomic mass is 9.86. The number of phenols is 3. The molecule has 7 aliphatic rings. The summed E-state index contributed by atoms with van der Waals surface area (Å²) in [6.07, 6.45) is -18.7. The van der Waals surface area contributed by atoms with Crippen LogP contribution in [0.15, 0.2) is 103 Å². The molecule has 18 atom stereocenters. The zero-order chi connectivity index (χ0) is 78.2. The second-order valence-electron chi connectivity index (χ2n) is 27.5. The van der Waals surface area contributed by atoms with Crippen molar-refractivity contribution >= 4 is 58.9 Å². The van der Waals surface area contributed by atoms with E-state index in [1.807, 2.05) is 13.8 Å². The smallest absolute Gasteiger partial charge is 0.330 e. The molecule has 0 aromatic heterocycles. The molecule has 576 valence electrons. The second kappa shape index (κ2) is 32.2. The fourth-order valence-electron chi connectivity index (χ4n) is 13.6. The Morgan fingerprint density at radius 1 is 0.704 bits per heavy atom. The summed E-state index contributed by atoms with van der Waals surface area (Å²) in [5.41, 5.74) is 8.44. The molecule has 2 fully saturated rings. The average Bonchev–Trinajstić information content (AvgIpc) is 0.766. The number of rotatable bonds is 15. The second-order valence-corrected chi connectivity index (χ2v) is 27.9. The van der Waals surface area contributed by atoms with Crippen LogP contribution >= 0.6 is 11.6 Å². The number of hydrogen-bond donors (Lipinski definition) is 19. The number of fused-ring (bicyclic) bond motifs is 15. The highest BCUT2D eigenvalue weighted by Crippen LogP contribution is 2.51. The highest BCUT2D eigenvalue weighted by molar-refractivity contribution is 6.32. The van der Waals surface area contributed by atoms with Gasteiger partial charge in [0.1, 0.15) is 95.2 Å². The normalized spacial score (nSPS) is 28.2. The van der Waals surface area contributed by atoms with Crippen molar-refractivity contribution in [1.29, 1.82) is 0 Å². The maximum atomic E-state index is 16.3. The van der Waals surface area contributed by atoms with Crippen LogP contribution in [0.2, 0.25) is 5.02 Å². The number of aliphatic hydroxyl groups excluding tert-OH is 6. The van der Waals surface area contributed by atoms with E-state index in [9.17, 15) is 70.2 Å². The lowest BCUT2D eigenvalue weighted by Gasteiger charge is -2.47. The van der Waals surface area contributed by atoms with Gasteiger partial charge in [-0.05, 0) is 116 Å². The molecule has 0 saturated carbocycles. The van der Waals surface area contributed by atoms with E-state index >= 15 is 19.2 Å². The predicted molar refractivity (Wildman–Crippen MR) is 376 cm³/mol. The maximum absolute atomic E-state index is 16.3. The molecule has 13 rings (SSSR count). The molecular formula is C73H82ClN9O25. The van der Waals surface area contributed by atoms with Gasteiger partial charge in [0.2, 0.25) is 53.4 Å². The molecule has 6 aromatic rings. The predicted octanol–water partition coefficient (Wildman–Crippen LogP) is 1.13. The van der Waals surface area contributed by atoms with Gasteiger partial charge >= 0.3 is 5.97 Å². The number of primary amides is 1. The SMILES string of the molecule is CN[C@H](CC(C)C)C(=O)N[C@H]1C(=O)N[C@@H](CC(N)=O)C(=O)N[C@H]2C(=O)N[C@H]3C(=O)N[C@H](C(=O)N[C@H](C(=O)O)c4cc(O)cc(O)c4-c4cc3ccc4O)[C@H](O)c3ccc(c(Cl)c3)Oc3cc2cc(c3O[C@@H]2O[C@H](CO)[C@@H](O)[C@H](O)[C@H]2O[C@H]2C[C@](C)(N)[C@H](O)[C@H](C)O2)Oc2ccc(cc2-c2ccccc2OC)[C@H]1O. The summed E-state index contributed by atoms with van der Waals surface area (Å²) in [5.74, 6) is -15.6. The first-order valence-electron chi connectivity index (χ1n) is 34.1. The number of para-hydroxylation sites is 1. The number of hydrogen-bond acceptors (Lipinski definition) is 26. The monoisotopic (exact) mass is 1520 g/mol. The molecule has 0 unspecified atom stereocenters. The van der Waals surface area contributed by atoms with Crippen molar-refractivity contribution in [2.24, 2.45) is 17.4 Å². The summed E-state index contributed by atoms with van der Waals surface area (Å²) in [7, 11) is 2.83. The van der Waals surface area contributed by atoms with E-state index in [1.54, 1.807) is 24.3 Å². The van der Waals surface area contributed by atoms with Gasteiger partial charge in [-0.25, -0.2) is 4.79 Å². The molecule has 7 amide bonds. The van der Waals surface area contributed by atoms with E-state index in [0.717, 1.165) is 60.7 Å². The Hall–Kier alpha value is -10.5. The summed E-state index contributed by atoms with van der Waals surface area (Å²) in [4.78, 5) is 119. The summed E-state index contributed by atoms with van der Waals surface area (Å²) < 4.78 is 45.2. The Balaban J connectivity index is 1.21. The number of nitrogens with two attached hydrogens (primary N) is 2. The van der Waals surface area contributed by atoms with Crippen LogP contribution in [-0.4, -0.2) is 198 Å². The van der Waals surface area contributed by atoms with Gasteiger partial charge in [-0.3, -0.25) is 33.6 Å². The van der Waals surface area contributed by atoms with Crippen molar-refractivity contribution in [3.63, 3.8) is 0 Å². The highest BCUT2D eigenvalue weighted by atomic mass is 35.5. The van der Waals surface area contributed by atoms with Crippen molar-refractivity contribution in [3.8, 4) is 74.0 Å². The molecule has 35 heteroatoms. The number of carboxylic acid groups (broad SMARTS) is 1. The van der Waals surface area contributed by atoms with Gasteiger partial charge in [0.15, 0.2) is 29.9 Å². The standard InChI is InChI=1S/C73H82ClN9O25/c1-28(2)17-40(77-5)65(94)82-56-58(89)31-12-15-45(36(19-31)35-9-7-8-10-44(35)102-6)104-47-21-33-22-48(62(47)108-72-63(61(92)60(91)49(27-84)106-72)107-51-26-73(4,76)64(93)29(3)103-51)105-46-16-13-32(20-39(46)74)59(90)57-70(99)81-55(71(100)101)38-23-34(85)24-43(87)52(38)37-18-30(11-14-42(37)86)53(67(96)83-57)80-68(97)54(33)79-66(95)41(25-50(75)88)78-69(56)98/h7-16,18-24,28-29,40-41,49,51,53-61,63-64,72,77,84-87,89-93H,17,25-27,76H2,1-6H3,(H2,75,88)(H,78,98)(H,79,95)(H,80,97)(H,81,99)(H,82,94)(H,83,96)(H,100,101)/t29-,40+,41-,49+,51-,53+,54+,55-,56+,57-,58+,59+,60+,61-,63+,64+,72-,73-/m0/s1. The minimum Gasteiger partial charge on any atom is -0.508 e. The zero-order valence-corrected chi connectivity index (χ0v) is 59.4. The van der Waals surface area contributed by atoms with Crippen LogP contribution in [-0.2, 0) is 52.6 Å². The number of aromatic hydroxyl groups is 3. The molecule has 0 radical (unpaired) electrons. The number of aliphatic carboxylic acids is 1. The number of carboxylic acids is 1. The first-order chi connectivity index (χ1) is 51.2. The van der Waals surface area contributed by atoms with E-state index in [2.05, 4.69) is 37.2 Å². The summed E-state index contributed by atoms with van der Waals surface area (Å²) in [5, 5.41) is 133. The molecule has 108 heavy (non-hydrogen) atoms. The van der Waals surface area contributed by atoms with Crippen LogP contribution < -0.4 is 67.6 Å². The largest absolute Gasteiger partial charge is 0.508 e. The minimum atomic E-state index is -2.37. The summed E-state index contributed by atoms with van der Waals surface area (Å²) in [6.45, 7) is 5.69. The Labute approximate surface area is 620 Å². The van der Waals surface area contributed by atoms with Gasteiger partial charge in [0, 0.05) is 45.8 Å². The summed E-state index contributed by atoms with van der Waals surface area (Å²) >= 11 is 7.15. The van der Waals surface area contributed by atoms with Crippen molar-refractivity contribution in [2.45, 2.75) is 156 Å². The number of aliphatic hydroxyl groups is 6. The van der Waals surface area contributed by atoms with Crippen molar-refractivity contribution < 1.29 is 123 Å².